The molecule has 10 aromatic rings. The molecule has 1 aromatic heterocycles. The molecular weight excluding hydrogens is 723 g/mol. The van der Waals surface area contributed by atoms with Crippen molar-refractivity contribution in [1.82, 2.24) is 4.57 Å². The first-order valence-corrected chi connectivity index (χ1v) is 22.4. The maximum Gasteiger partial charge on any atom is 0.0541 e. The van der Waals surface area contributed by atoms with Gasteiger partial charge in [0.1, 0.15) is 0 Å². The van der Waals surface area contributed by atoms with E-state index in [1.807, 2.05) is 0 Å². The summed E-state index contributed by atoms with van der Waals surface area (Å²) in [5.41, 5.74) is 15.0. The molecule has 60 heavy (non-hydrogen) atoms. The SMILES string of the molecule is c1ccc(-n2c3ccccc3c3cc(-c4c5ccccc5c(-c5ccc6c(c5)-c5c(ccc7ccccc57)C6C5C6CC7CC(C6)CC5C7)c5ccccc45)ccc32)cc1. The Bertz CT molecular complexity index is 3320. The highest BCUT2D eigenvalue weighted by atomic mass is 15.0. The lowest BCUT2D eigenvalue weighted by Crippen LogP contribution is -2.47. The molecule has 0 radical (unpaired) electrons. The first-order chi connectivity index (χ1) is 29.7. The van der Waals surface area contributed by atoms with Crippen LogP contribution in [0.15, 0.2) is 176 Å². The zero-order valence-electron chi connectivity index (χ0n) is 33.7. The average Bonchev–Trinajstić information content (AvgIpc) is 3.80. The molecule has 5 aliphatic carbocycles. The van der Waals surface area contributed by atoms with Crippen LogP contribution in [0.5, 0.6) is 0 Å². The third-order valence-corrected chi connectivity index (χ3v) is 15.8. The monoisotopic (exact) mass is 767 g/mol. The molecule has 0 aliphatic heterocycles. The van der Waals surface area contributed by atoms with Gasteiger partial charge in [-0.3, -0.25) is 0 Å². The van der Waals surface area contributed by atoms with Gasteiger partial charge in [-0.2, -0.15) is 0 Å². The molecule has 0 amide bonds. The van der Waals surface area contributed by atoms with Crippen molar-refractivity contribution in [3.05, 3.63) is 187 Å². The molecule has 0 saturated heterocycles. The van der Waals surface area contributed by atoms with Gasteiger partial charge in [-0.15, -0.1) is 0 Å². The van der Waals surface area contributed by atoms with Crippen LogP contribution in [0.25, 0.3) is 93.2 Å². The van der Waals surface area contributed by atoms with Crippen LogP contribution in [0.1, 0.15) is 49.1 Å². The summed E-state index contributed by atoms with van der Waals surface area (Å²) in [6.45, 7) is 0. The van der Waals surface area contributed by atoms with Crippen molar-refractivity contribution in [3.8, 4) is 39.1 Å². The number of aromatic nitrogens is 1. The second kappa shape index (κ2) is 12.5. The van der Waals surface area contributed by atoms with Crippen LogP contribution in [-0.4, -0.2) is 4.57 Å². The van der Waals surface area contributed by atoms with Crippen molar-refractivity contribution in [2.45, 2.75) is 38.0 Å². The largest absolute Gasteiger partial charge is 0.309 e. The quantitative estimate of drug-likeness (QED) is 0.157. The summed E-state index contributed by atoms with van der Waals surface area (Å²) in [7, 11) is 0. The number of benzene rings is 9. The van der Waals surface area contributed by atoms with Gasteiger partial charge >= 0.3 is 0 Å². The van der Waals surface area contributed by atoms with Crippen molar-refractivity contribution in [3.63, 3.8) is 0 Å². The molecule has 286 valence electrons. The fraction of sp³-hybridized carbons (Fsp3) is 0.186. The van der Waals surface area contributed by atoms with Crippen LogP contribution in [0.2, 0.25) is 0 Å². The first kappa shape index (κ1) is 33.4. The highest BCUT2D eigenvalue weighted by Crippen LogP contribution is 2.64. The predicted molar refractivity (Wildman–Crippen MR) is 252 cm³/mol. The molecule has 1 heterocycles. The summed E-state index contributed by atoms with van der Waals surface area (Å²) in [4.78, 5) is 0. The highest BCUT2D eigenvalue weighted by molar-refractivity contribution is 6.22. The van der Waals surface area contributed by atoms with E-state index in [2.05, 4.69) is 180 Å². The normalized spacial score (nSPS) is 22.7. The zero-order valence-corrected chi connectivity index (χ0v) is 33.7. The van der Waals surface area contributed by atoms with Crippen LogP contribution < -0.4 is 0 Å². The summed E-state index contributed by atoms with van der Waals surface area (Å²) < 4.78 is 2.41. The molecule has 15 rings (SSSR count). The summed E-state index contributed by atoms with van der Waals surface area (Å²) >= 11 is 0. The van der Waals surface area contributed by atoms with Gasteiger partial charge in [0.05, 0.1) is 11.0 Å². The summed E-state index contributed by atoms with van der Waals surface area (Å²) in [6.07, 6.45) is 7.32. The highest BCUT2D eigenvalue weighted by Gasteiger charge is 2.52. The Morgan fingerprint density at radius 2 is 0.900 bits per heavy atom. The third-order valence-electron chi connectivity index (χ3n) is 15.8. The Morgan fingerprint density at radius 1 is 0.367 bits per heavy atom. The van der Waals surface area contributed by atoms with E-state index in [0.717, 1.165) is 29.6 Å². The third kappa shape index (κ3) is 4.64. The zero-order chi connectivity index (χ0) is 39.1. The maximum atomic E-state index is 2.61. The Labute approximate surface area is 350 Å². The van der Waals surface area contributed by atoms with Gasteiger partial charge in [0.25, 0.3) is 0 Å². The van der Waals surface area contributed by atoms with E-state index in [1.165, 1.54) is 125 Å². The van der Waals surface area contributed by atoms with Crippen LogP contribution in [-0.2, 0) is 0 Å². The minimum atomic E-state index is 0.488. The minimum absolute atomic E-state index is 0.488. The molecule has 1 unspecified atom stereocenters. The number of fused-ring (bicyclic) bond motifs is 10. The number of nitrogens with zero attached hydrogens (tertiary/aromatic N) is 1. The van der Waals surface area contributed by atoms with Crippen LogP contribution >= 0.6 is 0 Å². The Kier molecular flexibility index (Phi) is 6.98. The molecule has 4 bridgehead atoms. The Balaban J connectivity index is 0.988. The molecule has 0 N–H and O–H groups in total. The molecule has 1 nitrogen and oxygen atoms in total. The first-order valence-electron chi connectivity index (χ1n) is 22.4. The van der Waals surface area contributed by atoms with Gasteiger partial charge in [0, 0.05) is 22.4 Å². The lowest BCUT2D eigenvalue weighted by Gasteiger charge is -2.56. The lowest BCUT2D eigenvalue weighted by molar-refractivity contribution is -0.0424. The summed E-state index contributed by atoms with van der Waals surface area (Å²) in [6, 6.07) is 67.0. The van der Waals surface area contributed by atoms with E-state index in [1.54, 1.807) is 11.1 Å². The topological polar surface area (TPSA) is 4.93 Å². The van der Waals surface area contributed by atoms with Gasteiger partial charge in [-0.25, -0.2) is 0 Å². The van der Waals surface area contributed by atoms with Crippen molar-refractivity contribution < 1.29 is 0 Å². The average molecular weight is 768 g/mol. The summed E-state index contributed by atoms with van der Waals surface area (Å²) in [5.74, 6) is 4.93. The molecule has 5 aliphatic rings. The second-order valence-corrected chi connectivity index (χ2v) is 18.8. The molecule has 9 aromatic carbocycles. The van der Waals surface area contributed by atoms with Crippen molar-refractivity contribution in [2.75, 3.05) is 0 Å². The fourth-order valence-electron chi connectivity index (χ4n) is 13.9. The van der Waals surface area contributed by atoms with Crippen molar-refractivity contribution in [2.24, 2.45) is 29.6 Å². The molecular formula is C59H45N. The molecule has 0 spiro atoms. The Morgan fingerprint density at radius 3 is 1.58 bits per heavy atom. The molecule has 4 fully saturated rings. The van der Waals surface area contributed by atoms with E-state index in [-0.39, 0.29) is 0 Å². The van der Waals surface area contributed by atoms with Crippen LogP contribution in [0.3, 0.4) is 0 Å². The van der Waals surface area contributed by atoms with Gasteiger partial charge < -0.3 is 4.57 Å². The smallest absolute Gasteiger partial charge is 0.0541 e. The van der Waals surface area contributed by atoms with E-state index < -0.39 is 0 Å². The van der Waals surface area contributed by atoms with E-state index >= 15 is 0 Å². The van der Waals surface area contributed by atoms with Crippen LogP contribution in [0, 0.1) is 29.6 Å². The Hall–Kier alpha value is -6.44. The standard InChI is InChI=1S/C59H45N/c1-2-13-42(14-3-1)60-53-21-11-10-16-44(53)51-33-39(24-27-54(51)60)57-47-19-8-6-17-45(47)56(46-18-7-9-20-48(46)57)38-23-25-49-52(34-38)58-43-15-5-4-12-37(43)22-26-50(58)59(49)55-40-29-35-28-36(31-40)32-41(55)30-35/h1-27,33-36,40-41,55,59H,28-32H2. The molecule has 1 heteroatoms. The van der Waals surface area contributed by atoms with Gasteiger partial charge in [-0.1, -0.05) is 140 Å². The van der Waals surface area contributed by atoms with Gasteiger partial charge in [-0.05, 0) is 175 Å². The van der Waals surface area contributed by atoms with Crippen molar-refractivity contribution >= 4 is 54.1 Å². The number of hydrogen-bond donors (Lipinski definition) is 0. The molecule has 4 saturated carbocycles. The minimum Gasteiger partial charge on any atom is -0.309 e. The van der Waals surface area contributed by atoms with E-state index in [0.29, 0.717) is 5.92 Å². The van der Waals surface area contributed by atoms with Gasteiger partial charge in [0.2, 0.25) is 0 Å². The predicted octanol–water partition coefficient (Wildman–Crippen LogP) is 15.8. The fourth-order valence-corrected chi connectivity index (χ4v) is 13.9. The summed E-state index contributed by atoms with van der Waals surface area (Å²) in [5, 5.41) is 10.5. The number of hydrogen-bond acceptors (Lipinski definition) is 0. The number of rotatable bonds is 4. The number of para-hydroxylation sites is 2. The maximum absolute atomic E-state index is 2.61. The lowest BCUT2D eigenvalue weighted by atomic mass is 9.49. The van der Waals surface area contributed by atoms with Crippen LogP contribution in [0.4, 0.5) is 0 Å². The van der Waals surface area contributed by atoms with E-state index in [4.69, 9.17) is 0 Å². The van der Waals surface area contributed by atoms with E-state index in [9.17, 15) is 0 Å². The van der Waals surface area contributed by atoms with Crippen molar-refractivity contribution in [1.29, 1.82) is 0 Å². The van der Waals surface area contributed by atoms with Gasteiger partial charge in [0.15, 0.2) is 0 Å². The molecule has 1 atom stereocenters. The second-order valence-electron chi connectivity index (χ2n) is 18.8.